The molecule has 0 aliphatic carbocycles. The van der Waals surface area contributed by atoms with Crippen molar-refractivity contribution < 1.29 is 13.9 Å². The first-order valence-corrected chi connectivity index (χ1v) is 10.1. The second-order valence-electron chi connectivity index (χ2n) is 7.96. The maximum atomic E-state index is 14.2. The largest absolute Gasteiger partial charge is 0.443 e. The lowest BCUT2D eigenvalue weighted by molar-refractivity contribution is 0.0558. The highest BCUT2D eigenvalue weighted by molar-refractivity contribution is 9.10. The zero-order valence-electron chi connectivity index (χ0n) is 16.0. The molecule has 1 aliphatic heterocycles. The third-order valence-electron chi connectivity index (χ3n) is 4.69. The minimum Gasteiger partial charge on any atom is -0.443 e. The van der Waals surface area contributed by atoms with Crippen LogP contribution < -0.4 is 4.90 Å². The van der Waals surface area contributed by atoms with Crippen molar-refractivity contribution in [2.75, 3.05) is 4.90 Å². The van der Waals surface area contributed by atoms with E-state index in [1.165, 1.54) is 11.6 Å². The third kappa shape index (κ3) is 4.89. The number of fused-ring (bicyclic) bond motifs is 1. The number of ether oxygens (including phenoxy) is 1. The fraction of sp³-hybridized carbons (Fsp3) is 0.409. The molecule has 0 spiro atoms. The first-order valence-electron chi connectivity index (χ1n) is 9.28. The first-order chi connectivity index (χ1) is 12.7. The third-order valence-corrected chi connectivity index (χ3v) is 5.30. The highest BCUT2D eigenvalue weighted by Gasteiger charge is 2.34. The van der Waals surface area contributed by atoms with E-state index in [-0.39, 0.29) is 11.9 Å². The van der Waals surface area contributed by atoms with Crippen LogP contribution in [0.2, 0.25) is 0 Å². The maximum Gasteiger partial charge on any atom is 0.415 e. The Labute approximate surface area is 168 Å². The molecule has 0 N–H and O–H groups in total. The number of benzene rings is 2. The molecule has 0 bridgehead atoms. The Bertz CT molecular complexity index is 817. The molecular formula is C22H25BrFNO2. The molecule has 0 fully saturated rings. The van der Waals surface area contributed by atoms with E-state index in [1.54, 1.807) is 11.0 Å². The summed E-state index contributed by atoms with van der Waals surface area (Å²) < 4.78 is 20.3. The molecule has 144 valence electrons. The Kier molecular flexibility index (Phi) is 5.89. The average molecular weight is 434 g/mol. The Hall–Kier alpha value is -1.88. The van der Waals surface area contributed by atoms with Crippen molar-refractivity contribution in [3.8, 4) is 0 Å². The van der Waals surface area contributed by atoms with Crippen molar-refractivity contribution in [1.82, 2.24) is 0 Å². The zero-order chi connectivity index (χ0) is 19.6. The number of amides is 1. The number of hydrogen-bond acceptors (Lipinski definition) is 2. The molecular weight excluding hydrogens is 409 g/mol. The van der Waals surface area contributed by atoms with Crippen molar-refractivity contribution >= 4 is 27.7 Å². The number of rotatable bonds is 3. The quantitative estimate of drug-likeness (QED) is 0.569. The normalized spacial score (nSPS) is 16.8. The molecule has 1 aliphatic rings. The summed E-state index contributed by atoms with van der Waals surface area (Å²) in [7, 11) is 0. The highest BCUT2D eigenvalue weighted by Crippen LogP contribution is 2.36. The van der Waals surface area contributed by atoms with Crippen molar-refractivity contribution in [3.63, 3.8) is 0 Å². The van der Waals surface area contributed by atoms with Crippen LogP contribution in [-0.2, 0) is 17.6 Å². The average Bonchev–Trinajstić information content (AvgIpc) is 2.60. The van der Waals surface area contributed by atoms with E-state index in [4.69, 9.17) is 4.74 Å². The van der Waals surface area contributed by atoms with E-state index in [0.29, 0.717) is 10.2 Å². The van der Waals surface area contributed by atoms with Gasteiger partial charge in [0, 0.05) is 6.04 Å². The molecule has 1 heterocycles. The molecule has 27 heavy (non-hydrogen) atoms. The molecule has 1 atom stereocenters. The lowest BCUT2D eigenvalue weighted by atomic mass is 9.92. The summed E-state index contributed by atoms with van der Waals surface area (Å²) in [5.74, 6) is -0.369. The summed E-state index contributed by atoms with van der Waals surface area (Å²) in [4.78, 5) is 14.6. The molecule has 0 saturated carbocycles. The number of halogens is 2. The van der Waals surface area contributed by atoms with Gasteiger partial charge in [-0.1, -0.05) is 30.3 Å². The summed E-state index contributed by atoms with van der Waals surface area (Å²) in [6.45, 7) is 5.53. The van der Waals surface area contributed by atoms with Gasteiger partial charge in [-0.25, -0.2) is 9.18 Å². The van der Waals surface area contributed by atoms with Gasteiger partial charge in [-0.2, -0.15) is 0 Å². The van der Waals surface area contributed by atoms with E-state index in [0.717, 1.165) is 31.2 Å². The van der Waals surface area contributed by atoms with Crippen LogP contribution in [0.1, 0.15) is 44.7 Å². The van der Waals surface area contributed by atoms with Gasteiger partial charge in [0.1, 0.15) is 11.4 Å². The van der Waals surface area contributed by atoms with Crippen molar-refractivity contribution in [2.24, 2.45) is 0 Å². The molecule has 1 unspecified atom stereocenters. The van der Waals surface area contributed by atoms with Gasteiger partial charge in [-0.15, -0.1) is 0 Å². The standard InChI is InChI=1S/C22H25BrFNO2/c1-22(2,3)27-21(26)25-17(11-9-15-7-5-4-6-8-15)12-10-16-13-18(23)19(24)14-20(16)25/h4-8,13-14,17H,9-12H2,1-3H3. The van der Waals surface area contributed by atoms with Gasteiger partial charge in [0.2, 0.25) is 0 Å². The molecule has 1 amide bonds. The zero-order valence-corrected chi connectivity index (χ0v) is 17.6. The Balaban J connectivity index is 1.89. The van der Waals surface area contributed by atoms with E-state index >= 15 is 0 Å². The van der Waals surface area contributed by atoms with Gasteiger partial charge in [0.15, 0.2) is 0 Å². The monoisotopic (exact) mass is 433 g/mol. The minimum atomic E-state index is -0.605. The van der Waals surface area contributed by atoms with E-state index in [2.05, 4.69) is 28.1 Å². The molecule has 2 aromatic rings. The van der Waals surface area contributed by atoms with Gasteiger partial charge < -0.3 is 4.74 Å². The molecule has 3 rings (SSSR count). The van der Waals surface area contributed by atoms with Crippen LogP contribution in [0.3, 0.4) is 0 Å². The molecule has 0 aromatic heterocycles. The van der Waals surface area contributed by atoms with Gasteiger partial charge in [0.05, 0.1) is 10.2 Å². The number of nitrogens with zero attached hydrogens (tertiary/aromatic N) is 1. The number of aryl methyl sites for hydroxylation is 2. The summed E-state index contributed by atoms with van der Waals surface area (Å²) in [6, 6.07) is 13.4. The lowest BCUT2D eigenvalue weighted by Crippen LogP contribution is -2.46. The fourth-order valence-corrected chi connectivity index (χ4v) is 3.85. The SMILES string of the molecule is CC(C)(C)OC(=O)N1c2cc(F)c(Br)cc2CCC1CCc1ccccc1. The highest BCUT2D eigenvalue weighted by atomic mass is 79.9. The van der Waals surface area contributed by atoms with E-state index < -0.39 is 11.7 Å². The van der Waals surface area contributed by atoms with Crippen LogP contribution in [0.4, 0.5) is 14.9 Å². The summed E-state index contributed by atoms with van der Waals surface area (Å²) in [5.41, 5.74) is 2.21. The smallest absolute Gasteiger partial charge is 0.415 e. The molecule has 0 saturated heterocycles. The van der Waals surface area contributed by atoms with Crippen molar-refractivity contribution in [2.45, 2.75) is 58.1 Å². The van der Waals surface area contributed by atoms with Crippen LogP contribution >= 0.6 is 15.9 Å². The predicted molar refractivity (Wildman–Crippen MR) is 110 cm³/mol. The Morgan fingerprint density at radius 2 is 1.96 bits per heavy atom. The molecule has 3 nitrogen and oxygen atoms in total. The van der Waals surface area contributed by atoms with Crippen molar-refractivity contribution in [1.29, 1.82) is 0 Å². The van der Waals surface area contributed by atoms with Crippen LogP contribution in [-0.4, -0.2) is 17.7 Å². The number of anilines is 1. The van der Waals surface area contributed by atoms with E-state index in [9.17, 15) is 9.18 Å². The number of carbonyl (C=O) groups excluding carboxylic acids is 1. The maximum absolute atomic E-state index is 14.2. The van der Waals surface area contributed by atoms with Crippen molar-refractivity contribution in [3.05, 3.63) is 63.9 Å². The summed E-state index contributed by atoms with van der Waals surface area (Å²) in [5, 5.41) is 0. The molecule has 0 radical (unpaired) electrons. The van der Waals surface area contributed by atoms with E-state index in [1.807, 2.05) is 39.0 Å². The molecule has 2 aromatic carbocycles. The van der Waals surface area contributed by atoms with Crippen LogP contribution in [0.15, 0.2) is 46.9 Å². The Morgan fingerprint density at radius 3 is 2.63 bits per heavy atom. The summed E-state index contributed by atoms with van der Waals surface area (Å²) >= 11 is 3.25. The van der Waals surface area contributed by atoms with Crippen LogP contribution in [0, 0.1) is 5.82 Å². The van der Waals surface area contributed by atoms with Crippen LogP contribution in [0.5, 0.6) is 0 Å². The number of hydrogen-bond donors (Lipinski definition) is 0. The van der Waals surface area contributed by atoms with Gasteiger partial charge in [-0.05, 0) is 85.6 Å². The van der Waals surface area contributed by atoms with Gasteiger partial charge in [-0.3, -0.25) is 4.90 Å². The topological polar surface area (TPSA) is 29.5 Å². The van der Waals surface area contributed by atoms with Gasteiger partial charge in [0.25, 0.3) is 0 Å². The van der Waals surface area contributed by atoms with Gasteiger partial charge >= 0.3 is 6.09 Å². The first kappa shape index (κ1) is 19.9. The lowest BCUT2D eigenvalue weighted by Gasteiger charge is -2.38. The molecule has 5 heteroatoms. The number of carbonyl (C=O) groups is 1. The van der Waals surface area contributed by atoms with Crippen LogP contribution in [0.25, 0.3) is 0 Å². The summed E-state index contributed by atoms with van der Waals surface area (Å²) in [6.07, 6.45) is 2.90. The second-order valence-corrected chi connectivity index (χ2v) is 8.82. The Morgan fingerprint density at radius 1 is 1.26 bits per heavy atom. The minimum absolute atomic E-state index is 0.0202. The predicted octanol–water partition coefficient (Wildman–Crippen LogP) is 6.28. The fourth-order valence-electron chi connectivity index (χ4n) is 3.46. The second kappa shape index (κ2) is 8.01.